The summed E-state index contributed by atoms with van der Waals surface area (Å²) in [7, 11) is 0. The number of H-pyrrole nitrogens is 1. The van der Waals surface area contributed by atoms with Crippen molar-refractivity contribution < 1.29 is 8.78 Å². The van der Waals surface area contributed by atoms with Crippen molar-refractivity contribution in [1.82, 2.24) is 29.5 Å². The van der Waals surface area contributed by atoms with Crippen molar-refractivity contribution in [2.45, 2.75) is 25.4 Å². The monoisotopic (exact) mass is 464 g/mol. The number of halogens is 2. The van der Waals surface area contributed by atoms with Gasteiger partial charge < -0.3 is 9.88 Å². The van der Waals surface area contributed by atoms with Crippen molar-refractivity contribution in [3.63, 3.8) is 0 Å². The number of piperazine rings is 1. The number of nitrogens with one attached hydrogen (secondary N) is 1. The van der Waals surface area contributed by atoms with Crippen LogP contribution in [-0.4, -0.2) is 75.0 Å². The summed E-state index contributed by atoms with van der Waals surface area (Å²) in [6.07, 6.45) is 4.69. The molecule has 1 saturated heterocycles. The van der Waals surface area contributed by atoms with Gasteiger partial charge in [0.2, 0.25) is 0 Å². The standard InChI is InChI=1S/C26H30F2N6/c1-19(20-2-4-22(27)5-3-20)15-32-8-10-33(11-9-32)16-23(28)12-21-14-29-26-7-6-24(13-25(21)26)34-17-30-31-18-34/h2-7,13-14,17-19,23,29H,8-12,15-16H2,1H3/t19-,23-/m0/s1. The predicted octanol–water partition coefficient (Wildman–Crippen LogP) is 4.19. The number of hydrogen-bond acceptors (Lipinski definition) is 4. The first-order valence-corrected chi connectivity index (χ1v) is 11.8. The van der Waals surface area contributed by atoms with Gasteiger partial charge in [-0.05, 0) is 47.4 Å². The van der Waals surface area contributed by atoms with Gasteiger partial charge in [0.25, 0.3) is 0 Å². The molecule has 3 heterocycles. The average Bonchev–Trinajstić information content (AvgIpc) is 3.51. The SMILES string of the molecule is C[C@@H](CN1CCN(C[C@@H](F)Cc2c[nH]c3ccc(-n4cnnc4)cc23)CC1)c1ccc(F)cc1. The van der Waals surface area contributed by atoms with Crippen molar-refractivity contribution in [3.05, 3.63) is 78.3 Å². The zero-order valence-electron chi connectivity index (χ0n) is 19.4. The van der Waals surface area contributed by atoms with Gasteiger partial charge in [-0.25, -0.2) is 8.78 Å². The maximum absolute atomic E-state index is 15.1. The van der Waals surface area contributed by atoms with Crippen molar-refractivity contribution in [2.75, 3.05) is 39.3 Å². The highest BCUT2D eigenvalue weighted by atomic mass is 19.1. The lowest BCUT2D eigenvalue weighted by atomic mass is 10.0. The second-order valence-corrected chi connectivity index (χ2v) is 9.27. The van der Waals surface area contributed by atoms with E-state index in [1.54, 1.807) is 12.7 Å². The summed E-state index contributed by atoms with van der Waals surface area (Å²) in [6, 6.07) is 12.8. The van der Waals surface area contributed by atoms with Gasteiger partial charge in [-0.1, -0.05) is 19.1 Å². The Hall–Kier alpha value is -3.10. The Labute approximate surface area is 198 Å². The molecule has 1 aliphatic rings. The van der Waals surface area contributed by atoms with Crippen molar-refractivity contribution in [3.8, 4) is 5.69 Å². The molecule has 5 rings (SSSR count). The lowest BCUT2D eigenvalue weighted by Crippen LogP contribution is -2.49. The van der Waals surface area contributed by atoms with Gasteiger partial charge in [0.05, 0.1) is 0 Å². The van der Waals surface area contributed by atoms with Crippen LogP contribution in [0.2, 0.25) is 0 Å². The van der Waals surface area contributed by atoms with Crippen LogP contribution in [0.25, 0.3) is 16.6 Å². The fourth-order valence-corrected chi connectivity index (χ4v) is 4.85. The molecule has 178 valence electrons. The zero-order valence-corrected chi connectivity index (χ0v) is 19.4. The minimum Gasteiger partial charge on any atom is -0.361 e. The summed E-state index contributed by atoms with van der Waals surface area (Å²) in [5.41, 5.74) is 4.10. The summed E-state index contributed by atoms with van der Waals surface area (Å²) >= 11 is 0. The van der Waals surface area contributed by atoms with Crippen LogP contribution in [0.3, 0.4) is 0 Å². The molecule has 0 saturated carbocycles. The van der Waals surface area contributed by atoms with Crippen LogP contribution in [0.15, 0.2) is 61.3 Å². The van der Waals surface area contributed by atoms with Crippen molar-refractivity contribution in [1.29, 1.82) is 0 Å². The van der Waals surface area contributed by atoms with Crippen LogP contribution in [0.1, 0.15) is 24.0 Å². The number of aromatic nitrogens is 4. The Morgan fingerprint density at radius 1 is 0.941 bits per heavy atom. The Balaban J connectivity index is 1.13. The van der Waals surface area contributed by atoms with Crippen LogP contribution in [0.5, 0.6) is 0 Å². The van der Waals surface area contributed by atoms with E-state index in [0.717, 1.165) is 60.4 Å². The van der Waals surface area contributed by atoms with Crippen molar-refractivity contribution >= 4 is 10.9 Å². The third-order valence-electron chi connectivity index (χ3n) is 6.80. The Bertz CT molecular complexity index is 1200. The van der Waals surface area contributed by atoms with Gasteiger partial charge in [-0.3, -0.25) is 9.47 Å². The first-order chi connectivity index (χ1) is 16.5. The second-order valence-electron chi connectivity index (χ2n) is 9.27. The Morgan fingerprint density at radius 3 is 2.32 bits per heavy atom. The predicted molar refractivity (Wildman–Crippen MR) is 130 cm³/mol. The second kappa shape index (κ2) is 10.0. The largest absolute Gasteiger partial charge is 0.361 e. The van der Waals surface area contributed by atoms with Gasteiger partial charge in [-0.2, -0.15) is 0 Å². The quantitative estimate of drug-likeness (QED) is 0.425. The molecule has 2 aromatic carbocycles. The Kier molecular flexibility index (Phi) is 6.69. The van der Waals surface area contributed by atoms with E-state index >= 15 is 4.39 Å². The number of hydrogen-bond donors (Lipinski definition) is 1. The number of rotatable bonds is 8. The van der Waals surface area contributed by atoms with Gasteiger partial charge in [0.15, 0.2) is 0 Å². The normalized spacial score (nSPS) is 17.3. The highest BCUT2D eigenvalue weighted by Crippen LogP contribution is 2.24. The number of fused-ring (bicyclic) bond motifs is 1. The first-order valence-electron chi connectivity index (χ1n) is 11.8. The van der Waals surface area contributed by atoms with Gasteiger partial charge in [0.1, 0.15) is 24.6 Å². The fourth-order valence-electron chi connectivity index (χ4n) is 4.85. The molecule has 2 atom stereocenters. The van der Waals surface area contributed by atoms with Crippen LogP contribution in [-0.2, 0) is 6.42 Å². The molecule has 1 fully saturated rings. The third-order valence-corrected chi connectivity index (χ3v) is 6.80. The summed E-state index contributed by atoms with van der Waals surface area (Å²) in [4.78, 5) is 7.91. The van der Waals surface area contributed by atoms with E-state index in [4.69, 9.17) is 0 Å². The van der Waals surface area contributed by atoms with E-state index in [1.807, 2.05) is 35.0 Å². The number of benzene rings is 2. The van der Waals surface area contributed by atoms with Crippen LogP contribution in [0.4, 0.5) is 8.78 Å². The molecule has 0 amide bonds. The number of alkyl halides is 1. The van der Waals surface area contributed by atoms with E-state index in [9.17, 15) is 4.39 Å². The summed E-state index contributed by atoms with van der Waals surface area (Å²) in [5, 5.41) is 8.76. The lowest BCUT2D eigenvalue weighted by molar-refractivity contribution is 0.104. The lowest BCUT2D eigenvalue weighted by Gasteiger charge is -2.36. The summed E-state index contributed by atoms with van der Waals surface area (Å²) in [6.45, 7) is 7.13. The van der Waals surface area contributed by atoms with Gasteiger partial charge >= 0.3 is 0 Å². The molecule has 0 radical (unpaired) electrons. The fraction of sp³-hybridized carbons (Fsp3) is 0.385. The maximum atomic E-state index is 15.1. The topological polar surface area (TPSA) is 53.0 Å². The van der Waals surface area contributed by atoms with Crippen LogP contribution >= 0.6 is 0 Å². The molecule has 0 unspecified atom stereocenters. The van der Waals surface area contributed by atoms with E-state index in [2.05, 4.69) is 38.0 Å². The first kappa shape index (κ1) is 22.7. The van der Waals surface area contributed by atoms with Crippen LogP contribution < -0.4 is 0 Å². The van der Waals surface area contributed by atoms with Crippen molar-refractivity contribution in [2.24, 2.45) is 0 Å². The van der Waals surface area contributed by atoms with E-state index < -0.39 is 6.17 Å². The molecular formula is C26H30F2N6. The van der Waals surface area contributed by atoms with E-state index in [0.29, 0.717) is 18.9 Å². The molecule has 6 nitrogen and oxygen atoms in total. The third kappa shape index (κ3) is 5.18. The molecule has 8 heteroatoms. The molecular weight excluding hydrogens is 434 g/mol. The summed E-state index contributed by atoms with van der Waals surface area (Å²) in [5.74, 6) is 0.139. The molecule has 0 aliphatic carbocycles. The highest BCUT2D eigenvalue weighted by molar-refractivity contribution is 5.85. The molecule has 0 spiro atoms. The van der Waals surface area contributed by atoms with Crippen LogP contribution in [0, 0.1) is 5.82 Å². The molecule has 2 aromatic heterocycles. The minimum atomic E-state index is -0.928. The van der Waals surface area contributed by atoms with Gasteiger partial charge in [0, 0.05) is 68.5 Å². The van der Waals surface area contributed by atoms with Gasteiger partial charge in [-0.15, -0.1) is 10.2 Å². The van der Waals surface area contributed by atoms with E-state index in [-0.39, 0.29) is 5.82 Å². The zero-order chi connectivity index (χ0) is 23.5. The number of nitrogens with zero attached hydrogens (tertiary/aromatic N) is 5. The Morgan fingerprint density at radius 2 is 1.62 bits per heavy atom. The molecule has 1 aliphatic heterocycles. The van der Waals surface area contributed by atoms with E-state index in [1.165, 1.54) is 12.1 Å². The summed E-state index contributed by atoms with van der Waals surface area (Å²) < 4.78 is 30.1. The highest BCUT2D eigenvalue weighted by Gasteiger charge is 2.22. The molecule has 34 heavy (non-hydrogen) atoms. The minimum absolute atomic E-state index is 0.200. The maximum Gasteiger partial charge on any atom is 0.123 e. The average molecular weight is 465 g/mol. The molecule has 1 N–H and O–H groups in total. The smallest absolute Gasteiger partial charge is 0.123 e. The molecule has 0 bridgehead atoms. The molecule has 4 aromatic rings. The number of aromatic amines is 1.